The van der Waals surface area contributed by atoms with Crippen molar-refractivity contribution in [2.75, 3.05) is 11.9 Å². The first kappa shape index (κ1) is 21.8. The summed E-state index contributed by atoms with van der Waals surface area (Å²) in [6.45, 7) is 0.527. The number of aromatic amines is 1. The molecule has 0 saturated carbocycles. The van der Waals surface area contributed by atoms with Crippen molar-refractivity contribution in [1.82, 2.24) is 15.2 Å². The summed E-state index contributed by atoms with van der Waals surface area (Å²) < 4.78 is 41.9. The second-order valence-corrected chi connectivity index (χ2v) is 8.17. The molecule has 1 aromatic heterocycles. The molecule has 0 fully saturated rings. The van der Waals surface area contributed by atoms with E-state index in [1.165, 1.54) is 23.1 Å². The third-order valence-corrected chi connectivity index (χ3v) is 5.96. The van der Waals surface area contributed by atoms with Gasteiger partial charge in [0.2, 0.25) is 11.8 Å². The Morgan fingerprint density at radius 2 is 1.94 bits per heavy atom. The topological polar surface area (TPSA) is 104 Å². The number of hydrogen-bond acceptors (Lipinski definition) is 4. The molecule has 3 aromatic rings. The zero-order valence-corrected chi connectivity index (χ0v) is 17.7. The van der Waals surface area contributed by atoms with Crippen LogP contribution >= 0.6 is 0 Å². The lowest BCUT2D eigenvalue weighted by Crippen LogP contribution is -2.46. The van der Waals surface area contributed by atoms with Gasteiger partial charge in [-0.3, -0.25) is 14.4 Å². The number of carbonyl (C=O) groups excluding carboxylic acids is 3. The van der Waals surface area contributed by atoms with Gasteiger partial charge in [-0.15, -0.1) is 13.2 Å². The van der Waals surface area contributed by atoms with Crippen molar-refractivity contribution in [3.8, 4) is 5.75 Å². The van der Waals surface area contributed by atoms with Crippen molar-refractivity contribution < 1.29 is 32.3 Å². The van der Waals surface area contributed by atoms with Crippen molar-refractivity contribution in [2.45, 2.75) is 31.8 Å². The number of hydrogen-bond donors (Lipinski definition) is 3. The highest BCUT2D eigenvalue weighted by Crippen LogP contribution is 2.32. The van der Waals surface area contributed by atoms with E-state index in [-0.39, 0.29) is 24.6 Å². The number of fused-ring (bicyclic) bond motifs is 4. The lowest BCUT2D eigenvalue weighted by molar-refractivity contribution is -0.274. The fourth-order valence-electron chi connectivity index (χ4n) is 4.36. The highest BCUT2D eigenvalue weighted by atomic mass is 19.4. The number of ether oxygens (including phenoxy) is 1. The van der Waals surface area contributed by atoms with Gasteiger partial charge in [-0.25, -0.2) is 0 Å². The molecule has 0 spiro atoms. The molecule has 0 radical (unpaired) electrons. The molecule has 0 aliphatic carbocycles. The largest absolute Gasteiger partial charge is 0.573 e. The average Bonchev–Trinajstić information content (AvgIpc) is 3.09. The fraction of sp³-hybridized carbons (Fsp3) is 0.261. The van der Waals surface area contributed by atoms with Crippen LogP contribution in [0.5, 0.6) is 5.75 Å². The van der Waals surface area contributed by atoms with Crippen LogP contribution < -0.4 is 15.4 Å². The Morgan fingerprint density at radius 3 is 2.74 bits per heavy atom. The highest BCUT2D eigenvalue weighted by Gasteiger charge is 2.33. The molecule has 3 heterocycles. The number of nitrogens with one attached hydrogen (secondary N) is 3. The molecule has 11 heteroatoms. The maximum absolute atomic E-state index is 13.0. The van der Waals surface area contributed by atoms with E-state index in [0.717, 1.165) is 5.69 Å². The number of carbonyl (C=O) groups is 3. The lowest BCUT2D eigenvalue weighted by Gasteiger charge is -2.28. The Bertz CT molecular complexity index is 1320. The third-order valence-electron chi connectivity index (χ3n) is 5.96. The highest BCUT2D eigenvalue weighted by molar-refractivity contribution is 6.10. The fourth-order valence-corrected chi connectivity index (χ4v) is 4.36. The van der Waals surface area contributed by atoms with Gasteiger partial charge < -0.3 is 25.3 Å². The van der Waals surface area contributed by atoms with Gasteiger partial charge in [0, 0.05) is 41.7 Å². The van der Waals surface area contributed by atoms with Crippen LogP contribution in [0.3, 0.4) is 0 Å². The molecule has 2 aromatic carbocycles. The van der Waals surface area contributed by atoms with Crippen LogP contribution in [0.4, 0.5) is 18.9 Å². The number of anilines is 1. The number of rotatable bonds is 3. The Balaban J connectivity index is 1.33. The van der Waals surface area contributed by atoms with Crippen molar-refractivity contribution >= 4 is 34.3 Å². The zero-order chi connectivity index (χ0) is 24.0. The normalized spacial score (nSPS) is 18.0. The van der Waals surface area contributed by atoms with E-state index >= 15 is 0 Å². The van der Waals surface area contributed by atoms with Gasteiger partial charge in [-0.1, -0.05) is 12.1 Å². The van der Waals surface area contributed by atoms with Gasteiger partial charge in [0.15, 0.2) is 0 Å². The number of H-pyrrole nitrogens is 1. The van der Waals surface area contributed by atoms with Crippen LogP contribution in [-0.4, -0.2) is 46.6 Å². The SMILES string of the molecule is O=C1N[C@H](CC(=O)N2CCc3[nH]c4ccc(OC(F)(F)F)cc4c3C2)C(=O)Nc2ccccc21. The molecular formula is C23H19F3N4O4. The summed E-state index contributed by atoms with van der Waals surface area (Å²) in [5.41, 5.74) is 2.85. The first-order chi connectivity index (χ1) is 16.2. The number of benzene rings is 2. The van der Waals surface area contributed by atoms with E-state index in [4.69, 9.17) is 0 Å². The van der Waals surface area contributed by atoms with E-state index in [9.17, 15) is 27.6 Å². The predicted molar refractivity (Wildman–Crippen MR) is 115 cm³/mol. The van der Waals surface area contributed by atoms with Crippen LogP contribution in [0.1, 0.15) is 28.0 Å². The van der Waals surface area contributed by atoms with E-state index in [1.54, 1.807) is 24.3 Å². The first-order valence-electron chi connectivity index (χ1n) is 10.6. The maximum atomic E-state index is 13.0. The molecule has 3 amide bonds. The molecule has 2 aliphatic heterocycles. The smallest absolute Gasteiger partial charge is 0.406 e. The van der Waals surface area contributed by atoms with Crippen LogP contribution in [0, 0.1) is 0 Å². The number of aromatic nitrogens is 1. The van der Waals surface area contributed by atoms with Crippen molar-refractivity contribution in [2.24, 2.45) is 0 Å². The van der Waals surface area contributed by atoms with Gasteiger partial charge in [0.25, 0.3) is 5.91 Å². The third kappa shape index (κ3) is 4.16. The van der Waals surface area contributed by atoms with Gasteiger partial charge in [-0.2, -0.15) is 0 Å². The van der Waals surface area contributed by atoms with E-state index in [2.05, 4.69) is 20.4 Å². The molecule has 0 bridgehead atoms. The second-order valence-electron chi connectivity index (χ2n) is 8.17. The molecule has 0 unspecified atom stereocenters. The quantitative estimate of drug-likeness (QED) is 0.545. The minimum atomic E-state index is -4.81. The van der Waals surface area contributed by atoms with E-state index in [0.29, 0.717) is 40.7 Å². The summed E-state index contributed by atoms with van der Waals surface area (Å²) in [4.78, 5) is 42.9. The second kappa shape index (κ2) is 8.08. The summed E-state index contributed by atoms with van der Waals surface area (Å²) in [6, 6.07) is 9.52. The number of halogens is 3. The lowest BCUT2D eigenvalue weighted by atomic mass is 10.0. The van der Waals surface area contributed by atoms with Gasteiger partial charge in [0.05, 0.1) is 17.7 Å². The molecular weight excluding hydrogens is 453 g/mol. The van der Waals surface area contributed by atoms with Gasteiger partial charge >= 0.3 is 6.36 Å². The molecule has 1 atom stereocenters. The number of alkyl halides is 3. The predicted octanol–water partition coefficient (Wildman–Crippen LogP) is 3.09. The molecule has 2 aliphatic rings. The zero-order valence-electron chi connectivity index (χ0n) is 17.7. The molecule has 5 rings (SSSR count). The Kier molecular flexibility index (Phi) is 5.18. The van der Waals surface area contributed by atoms with Crippen molar-refractivity contribution in [3.05, 3.63) is 59.3 Å². The van der Waals surface area contributed by atoms with E-state index in [1.807, 2.05) is 0 Å². The summed E-state index contributed by atoms with van der Waals surface area (Å²) in [7, 11) is 0. The number of para-hydroxylation sites is 1. The standard InChI is InChI=1S/C23H19F3N4O4/c24-23(25,26)34-12-5-6-17-14(9-12)15-11-30(8-7-18(15)27-17)20(31)10-19-22(33)28-16-4-2-1-3-13(16)21(32)29-19/h1-6,9,19,27H,7-8,10-11H2,(H,28,33)(H,29,32)/t19-/m1/s1. The van der Waals surface area contributed by atoms with Crippen LogP contribution in [0.25, 0.3) is 10.9 Å². The molecule has 176 valence electrons. The minimum Gasteiger partial charge on any atom is -0.406 e. The summed E-state index contributed by atoms with van der Waals surface area (Å²) in [6.07, 6.45) is -4.58. The Hall–Kier alpha value is -4.02. The first-order valence-corrected chi connectivity index (χ1v) is 10.6. The summed E-state index contributed by atoms with van der Waals surface area (Å²) in [5.74, 6) is -1.65. The van der Waals surface area contributed by atoms with Crippen LogP contribution in [0.15, 0.2) is 42.5 Å². The molecule has 3 N–H and O–H groups in total. The molecule has 34 heavy (non-hydrogen) atoms. The monoisotopic (exact) mass is 472 g/mol. The van der Waals surface area contributed by atoms with Crippen LogP contribution in [-0.2, 0) is 22.6 Å². The maximum Gasteiger partial charge on any atom is 0.573 e. The summed E-state index contributed by atoms with van der Waals surface area (Å²) >= 11 is 0. The number of nitrogens with zero attached hydrogens (tertiary/aromatic N) is 1. The van der Waals surface area contributed by atoms with Gasteiger partial charge in [0.1, 0.15) is 11.8 Å². The van der Waals surface area contributed by atoms with Gasteiger partial charge in [-0.05, 0) is 30.3 Å². The number of amides is 3. The van der Waals surface area contributed by atoms with Crippen LogP contribution in [0.2, 0.25) is 0 Å². The van der Waals surface area contributed by atoms with E-state index < -0.39 is 24.2 Å². The van der Waals surface area contributed by atoms with Crippen molar-refractivity contribution in [3.63, 3.8) is 0 Å². The molecule has 0 saturated heterocycles. The minimum absolute atomic E-state index is 0.159. The van der Waals surface area contributed by atoms with Crippen molar-refractivity contribution in [1.29, 1.82) is 0 Å². The summed E-state index contributed by atoms with van der Waals surface area (Å²) in [5, 5.41) is 5.80. The average molecular weight is 472 g/mol. The Morgan fingerprint density at radius 1 is 1.15 bits per heavy atom. The molecule has 8 nitrogen and oxygen atoms in total. The Labute approximate surface area is 191 Å².